The van der Waals surface area contributed by atoms with Crippen LogP contribution in [0.25, 0.3) is 11.3 Å². The van der Waals surface area contributed by atoms with E-state index in [0.717, 1.165) is 34.6 Å². The van der Waals surface area contributed by atoms with Gasteiger partial charge in [0.2, 0.25) is 0 Å². The molecular weight excluding hydrogens is 336 g/mol. The molecule has 1 aliphatic carbocycles. The van der Waals surface area contributed by atoms with Gasteiger partial charge in [-0.2, -0.15) is 5.10 Å². The summed E-state index contributed by atoms with van der Waals surface area (Å²) in [5, 5.41) is 13.9. The van der Waals surface area contributed by atoms with Gasteiger partial charge in [0, 0.05) is 5.56 Å². The molecule has 0 fully saturated rings. The number of rotatable bonds is 2. The fraction of sp³-hybridized carbons (Fsp3) is 0.333. The van der Waals surface area contributed by atoms with Gasteiger partial charge in [0.15, 0.2) is 0 Å². The van der Waals surface area contributed by atoms with Crippen LogP contribution in [0.1, 0.15) is 33.7 Å². The van der Waals surface area contributed by atoms with E-state index >= 15 is 0 Å². The quantitative estimate of drug-likeness (QED) is 0.644. The molecule has 2 aromatic heterocycles. The molecule has 0 aliphatic heterocycles. The minimum Gasteiger partial charge on any atom is -0.247 e. The van der Waals surface area contributed by atoms with Crippen LogP contribution in [0.3, 0.4) is 0 Å². The summed E-state index contributed by atoms with van der Waals surface area (Å²) in [6, 6.07) is 6.71. The summed E-state index contributed by atoms with van der Waals surface area (Å²) in [6.07, 6.45) is 3.26. The first kappa shape index (κ1) is 15.6. The molecule has 4 nitrogen and oxygen atoms in total. The van der Waals surface area contributed by atoms with E-state index in [1.165, 1.54) is 39.2 Å². The molecule has 4 rings (SSSR count). The maximum atomic E-state index is 5.56. The topological polar surface area (TPSA) is 43.6 Å². The molecule has 3 aromatic rings. The van der Waals surface area contributed by atoms with Crippen LogP contribution < -0.4 is 0 Å². The summed E-state index contributed by atoms with van der Waals surface area (Å²) in [6.45, 7) is 4.92. The Kier molecular flexibility index (Phi) is 4.02. The molecular formula is C18H18N4S2. The van der Waals surface area contributed by atoms with Crippen molar-refractivity contribution < 1.29 is 0 Å². The smallest absolute Gasteiger partial charge is 0.138 e. The maximum Gasteiger partial charge on any atom is 0.138 e. The van der Waals surface area contributed by atoms with Crippen LogP contribution in [0, 0.1) is 18.5 Å². The van der Waals surface area contributed by atoms with Crippen molar-refractivity contribution in [1.29, 1.82) is 0 Å². The standard InChI is InChI=1S/C18H18N4S2/c1-11-6-13-4-3-5-14-8-17(23)22(9-16-20-19-10-24-16)21-18(14)15(13)7-12(11)2/h6-8,10H,3-5,9H2,1-2H3. The molecule has 0 amide bonds. The summed E-state index contributed by atoms with van der Waals surface area (Å²) in [5.41, 5.74) is 9.37. The average Bonchev–Trinajstić information content (AvgIpc) is 3.00. The molecule has 24 heavy (non-hydrogen) atoms. The molecule has 0 spiro atoms. The minimum atomic E-state index is 0.580. The van der Waals surface area contributed by atoms with Gasteiger partial charge in [-0.05, 0) is 67.5 Å². The normalized spacial score (nSPS) is 13.2. The number of fused-ring (bicyclic) bond motifs is 3. The van der Waals surface area contributed by atoms with Gasteiger partial charge >= 0.3 is 0 Å². The van der Waals surface area contributed by atoms with E-state index in [4.69, 9.17) is 17.3 Å². The maximum absolute atomic E-state index is 5.56. The van der Waals surface area contributed by atoms with Gasteiger partial charge in [0.1, 0.15) is 15.2 Å². The first-order valence-electron chi connectivity index (χ1n) is 8.08. The summed E-state index contributed by atoms with van der Waals surface area (Å²) >= 11 is 7.09. The number of aromatic nitrogens is 4. The highest BCUT2D eigenvalue weighted by atomic mass is 32.1. The number of benzene rings is 1. The molecule has 0 radical (unpaired) electrons. The highest BCUT2D eigenvalue weighted by Crippen LogP contribution is 2.33. The summed E-state index contributed by atoms with van der Waals surface area (Å²) < 4.78 is 2.63. The zero-order valence-corrected chi connectivity index (χ0v) is 15.4. The van der Waals surface area contributed by atoms with Gasteiger partial charge in [-0.25, -0.2) is 4.68 Å². The largest absolute Gasteiger partial charge is 0.247 e. The molecule has 6 heteroatoms. The molecule has 1 aliphatic rings. The Hall–Kier alpha value is -1.92. The predicted molar refractivity (Wildman–Crippen MR) is 99.0 cm³/mol. The van der Waals surface area contributed by atoms with E-state index < -0.39 is 0 Å². The van der Waals surface area contributed by atoms with E-state index in [0.29, 0.717) is 6.54 Å². The van der Waals surface area contributed by atoms with E-state index in [1.807, 2.05) is 4.68 Å². The second-order valence-corrected chi connectivity index (χ2v) is 7.63. The Morgan fingerprint density at radius 2 is 1.92 bits per heavy atom. The van der Waals surface area contributed by atoms with Gasteiger partial charge in [0.25, 0.3) is 0 Å². The predicted octanol–water partition coefficient (Wildman–Crippen LogP) is 4.28. The fourth-order valence-electron chi connectivity index (χ4n) is 3.22. The van der Waals surface area contributed by atoms with Crippen molar-refractivity contribution in [1.82, 2.24) is 20.0 Å². The zero-order valence-electron chi connectivity index (χ0n) is 13.7. The van der Waals surface area contributed by atoms with Crippen molar-refractivity contribution >= 4 is 23.6 Å². The molecule has 122 valence electrons. The molecule has 0 bridgehead atoms. The molecule has 0 saturated heterocycles. The number of aryl methyl sites for hydroxylation is 4. The zero-order chi connectivity index (χ0) is 16.7. The first-order valence-corrected chi connectivity index (χ1v) is 9.37. The molecule has 0 atom stereocenters. The monoisotopic (exact) mass is 354 g/mol. The van der Waals surface area contributed by atoms with Gasteiger partial charge in [-0.15, -0.1) is 21.5 Å². The summed E-state index contributed by atoms with van der Waals surface area (Å²) in [7, 11) is 0. The van der Waals surface area contributed by atoms with Crippen molar-refractivity contribution in [3.8, 4) is 11.3 Å². The van der Waals surface area contributed by atoms with Crippen LogP contribution in [0.15, 0.2) is 23.7 Å². The lowest BCUT2D eigenvalue weighted by Gasteiger charge is -2.14. The molecule has 1 aromatic carbocycles. The van der Waals surface area contributed by atoms with Crippen molar-refractivity contribution in [3.63, 3.8) is 0 Å². The summed E-state index contributed by atoms with van der Waals surface area (Å²) in [5.74, 6) is 0. The lowest BCUT2D eigenvalue weighted by Crippen LogP contribution is -2.10. The van der Waals surface area contributed by atoms with E-state index in [1.54, 1.807) is 5.51 Å². The third kappa shape index (κ3) is 2.80. The minimum absolute atomic E-state index is 0.580. The van der Waals surface area contributed by atoms with Crippen LogP contribution in [-0.4, -0.2) is 20.0 Å². The Balaban J connectivity index is 1.88. The molecule has 0 saturated carbocycles. The van der Waals surface area contributed by atoms with Crippen LogP contribution in [0.2, 0.25) is 0 Å². The highest BCUT2D eigenvalue weighted by molar-refractivity contribution is 7.71. The van der Waals surface area contributed by atoms with Crippen molar-refractivity contribution in [2.45, 2.75) is 39.7 Å². The van der Waals surface area contributed by atoms with Crippen LogP contribution in [0.5, 0.6) is 0 Å². The lowest BCUT2D eigenvalue weighted by atomic mass is 9.96. The second kappa shape index (κ2) is 6.18. The Morgan fingerprint density at radius 3 is 2.71 bits per heavy atom. The third-order valence-electron chi connectivity index (χ3n) is 4.63. The number of hydrogen-bond acceptors (Lipinski definition) is 5. The Labute approximate surface area is 150 Å². The lowest BCUT2D eigenvalue weighted by molar-refractivity contribution is 0.646. The second-order valence-electron chi connectivity index (χ2n) is 6.29. The van der Waals surface area contributed by atoms with Crippen molar-refractivity contribution in [3.05, 3.63) is 55.6 Å². The van der Waals surface area contributed by atoms with Gasteiger partial charge in [-0.1, -0.05) is 18.3 Å². The van der Waals surface area contributed by atoms with E-state index in [2.05, 4.69) is 42.2 Å². The Morgan fingerprint density at radius 1 is 1.12 bits per heavy atom. The van der Waals surface area contributed by atoms with Crippen molar-refractivity contribution in [2.24, 2.45) is 0 Å². The van der Waals surface area contributed by atoms with Gasteiger partial charge < -0.3 is 0 Å². The average molecular weight is 355 g/mol. The first-order chi connectivity index (χ1) is 11.6. The van der Waals surface area contributed by atoms with Crippen LogP contribution in [-0.2, 0) is 19.4 Å². The van der Waals surface area contributed by atoms with Crippen molar-refractivity contribution in [2.75, 3.05) is 0 Å². The molecule has 0 N–H and O–H groups in total. The van der Waals surface area contributed by atoms with E-state index in [-0.39, 0.29) is 0 Å². The highest BCUT2D eigenvalue weighted by Gasteiger charge is 2.18. The molecule has 0 unspecified atom stereocenters. The summed E-state index contributed by atoms with van der Waals surface area (Å²) in [4.78, 5) is 0. The SMILES string of the molecule is Cc1cc2c(cc1C)-c1nn(Cc3nncs3)c(=S)cc1CCC2. The Bertz CT molecular complexity index is 958. The fourth-order valence-corrected chi connectivity index (χ4v) is 3.98. The van der Waals surface area contributed by atoms with Gasteiger partial charge in [-0.3, -0.25) is 0 Å². The molecule has 2 heterocycles. The van der Waals surface area contributed by atoms with Crippen LogP contribution >= 0.6 is 23.6 Å². The van der Waals surface area contributed by atoms with Gasteiger partial charge in [0.05, 0.1) is 12.2 Å². The van der Waals surface area contributed by atoms with E-state index in [9.17, 15) is 0 Å². The number of nitrogens with zero attached hydrogens (tertiary/aromatic N) is 4. The number of hydrogen-bond donors (Lipinski definition) is 0. The van der Waals surface area contributed by atoms with Crippen LogP contribution in [0.4, 0.5) is 0 Å². The third-order valence-corrected chi connectivity index (χ3v) is 5.65.